The lowest BCUT2D eigenvalue weighted by Gasteiger charge is -2.46. The highest BCUT2D eigenvalue weighted by Gasteiger charge is 2.67. The Hall–Kier alpha value is -0.880. The summed E-state index contributed by atoms with van der Waals surface area (Å²) in [6.45, 7) is 8.51. The molecule has 194 valence electrons. The molecule has 4 saturated carbocycles. The summed E-state index contributed by atoms with van der Waals surface area (Å²) in [5.41, 5.74) is -0.656. The van der Waals surface area contributed by atoms with Crippen molar-refractivity contribution in [1.29, 1.82) is 0 Å². The molecular formula is C28H47NO4S. The van der Waals surface area contributed by atoms with Crippen molar-refractivity contribution in [3.63, 3.8) is 0 Å². The maximum Gasteiger partial charge on any atom is 0.330 e. The number of esters is 1. The number of nitrogens with zero attached hydrogens (tertiary/aromatic N) is 1. The van der Waals surface area contributed by atoms with E-state index in [1.54, 1.807) is 0 Å². The first-order valence-corrected chi connectivity index (χ1v) is 15.6. The van der Waals surface area contributed by atoms with Crippen molar-refractivity contribution in [3.05, 3.63) is 12.2 Å². The van der Waals surface area contributed by atoms with E-state index < -0.39 is 15.4 Å². The molecule has 2 bridgehead atoms. The molecule has 0 saturated heterocycles. The van der Waals surface area contributed by atoms with Crippen molar-refractivity contribution in [2.45, 2.75) is 129 Å². The van der Waals surface area contributed by atoms with Crippen LogP contribution >= 0.6 is 0 Å². The molecular weight excluding hydrogens is 446 g/mol. The topological polar surface area (TPSA) is 63.7 Å². The molecule has 0 unspecified atom stereocenters. The Morgan fingerprint density at radius 2 is 1.53 bits per heavy atom. The molecule has 5 nitrogen and oxygen atoms in total. The zero-order valence-electron chi connectivity index (χ0n) is 21.9. The number of sulfonamides is 1. The number of carbonyl (C=O) groups is 1. The standard InChI is InChI=1S/C28H47NO4S/c1-21(2)15-16-26(30)33-25-19-22-17-18-28(25,27(22,3)4)20-34(31,32)29(23-11-7-5-8-12-23)24-13-9-6-10-14-24/h15-16,21-25H,5-14,17-20H2,1-4H3/b16-15+/t22-,25-,28-/m1/s1. The van der Waals surface area contributed by atoms with Crippen molar-refractivity contribution < 1.29 is 17.9 Å². The summed E-state index contributed by atoms with van der Waals surface area (Å²) < 4.78 is 36.8. The van der Waals surface area contributed by atoms with Gasteiger partial charge in [0.1, 0.15) is 6.10 Å². The first-order chi connectivity index (χ1) is 16.1. The van der Waals surface area contributed by atoms with E-state index in [1.807, 2.05) is 24.2 Å². The quantitative estimate of drug-likeness (QED) is 0.297. The van der Waals surface area contributed by atoms with Gasteiger partial charge in [-0.25, -0.2) is 13.2 Å². The second kappa shape index (κ2) is 10.2. The zero-order chi connectivity index (χ0) is 24.6. The number of rotatable bonds is 8. The van der Waals surface area contributed by atoms with E-state index in [0.29, 0.717) is 5.92 Å². The number of allylic oxidation sites excluding steroid dienone is 1. The average Bonchev–Trinajstić information content (AvgIpc) is 3.14. The third kappa shape index (κ3) is 5.00. The molecule has 0 spiro atoms. The summed E-state index contributed by atoms with van der Waals surface area (Å²) in [5.74, 6) is 0.489. The summed E-state index contributed by atoms with van der Waals surface area (Å²) in [6.07, 6.45) is 16.6. The van der Waals surface area contributed by atoms with E-state index >= 15 is 0 Å². The maximum atomic E-state index is 14.4. The lowest BCUT2D eigenvalue weighted by molar-refractivity contribution is -0.150. The fourth-order valence-corrected chi connectivity index (χ4v) is 10.6. The Morgan fingerprint density at radius 3 is 2.03 bits per heavy atom. The molecule has 3 atom stereocenters. The molecule has 0 aromatic heterocycles. The Balaban J connectivity index is 1.62. The summed E-state index contributed by atoms with van der Waals surface area (Å²) in [5, 5.41) is 0. The third-order valence-corrected chi connectivity index (χ3v) is 12.0. The van der Waals surface area contributed by atoms with Crippen LogP contribution in [0.3, 0.4) is 0 Å². The number of fused-ring (bicyclic) bond motifs is 2. The Kier molecular flexibility index (Phi) is 7.89. The molecule has 0 aromatic carbocycles. The summed E-state index contributed by atoms with van der Waals surface area (Å²) >= 11 is 0. The smallest absolute Gasteiger partial charge is 0.330 e. The number of carbonyl (C=O) groups excluding carboxylic acids is 1. The van der Waals surface area contributed by atoms with Crippen LogP contribution in [0.1, 0.15) is 111 Å². The molecule has 0 aromatic rings. The molecule has 34 heavy (non-hydrogen) atoms. The molecule has 4 aliphatic rings. The van der Waals surface area contributed by atoms with E-state index in [1.165, 1.54) is 18.9 Å². The fourth-order valence-electron chi connectivity index (χ4n) is 7.78. The van der Waals surface area contributed by atoms with Crippen LogP contribution in [0.5, 0.6) is 0 Å². The predicted molar refractivity (Wildman–Crippen MR) is 137 cm³/mol. The van der Waals surface area contributed by atoms with Gasteiger partial charge in [0.15, 0.2) is 0 Å². The number of ether oxygens (including phenoxy) is 1. The van der Waals surface area contributed by atoms with Crippen LogP contribution in [0.4, 0.5) is 0 Å². The van der Waals surface area contributed by atoms with Gasteiger partial charge in [0, 0.05) is 23.6 Å². The number of hydrogen-bond acceptors (Lipinski definition) is 4. The molecule has 0 N–H and O–H groups in total. The van der Waals surface area contributed by atoms with Crippen molar-refractivity contribution in [2.75, 3.05) is 5.75 Å². The van der Waals surface area contributed by atoms with Crippen LogP contribution in [0.25, 0.3) is 0 Å². The highest BCUT2D eigenvalue weighted by molar-refractivity contribution is 7.89. The van der Waals surface area contributed by atoms with Crippen LogP contribution in [-0.2, 0) is 19.6 Å². The average molecular weight is 494 g/mol. The summed E-state index contributed by atoms with van der Waals surface area (Å²) in [4.78, 5) is 12.7. The van der Waals surface area contributed by atoms with E-state index in [4.69, 9.17) is 4.74 Å². The molecule has 4 fully saturated rings. The highest BCUT2D eigenvalue weighted by atomic mass is 32.2. The highest BCUT2D eigenvalue weighted by Crippen LogP contribution is 2.67. The third-order valence-electron chi connectivity index (χ3n) is 9.86. The molecule has 0 heterocycles. The van der Waals surface area contributed by atoms with Gasteiger partial charge in [0.2, 0.25) is 10.0 Å². The van der Waals surface area contributed by atoms with E-state index in [0.717, 1.165) is 70.6 Å². The lowest BCUT2D eigenvalue weighted by Crippen LogP contribution is -2.54. The van der Waals surface area contributed by atoms with Gasteiger partial charge in [-0.2, -0.15) is 4.31 Å². The summed E-state index contributed by atoms with van der Waals surface area (Å²) in [6, 6.07) is 0.296. The zero-order valence-corrected chi connectivity index (χ0v) is 22.7. The Morgan fingerprint density at radius 1 is 0.971 bits per heavy atom. The van der Waals surface area contributed by atoms with Gasteiger partial charge in [0.25, 0.3) is 0 Å². The van der Waals surface area contributed by atoms with Crippen LogP contribution in [0, 0.1) is 22.7 Å². The Bertz CT molecular complexity index is 834. The van der Waals surface area contributed by atoms with Gasteiger partial charge >= 0.3 is 5.97 Å². The second-order valence-corrected chi connectivity index (χ2v) is 14.4. The van der Waals surface area contributed by atoms with Crippen LogP contribution < -0.4 is 0 Å². The maximum absolute atomic E-state index is 14.4. The van der Waals surface area contributed by atoms with Gasteiger partial charge in [-0.3, -0.25) is 0 Å². The molecule has 6 heteroatoms. The first kappa shape index (κ1) is 26.2. The van der Waals surface area contributed by atoms with E-state index in [9.17, 15) is 13.2 Å². The fraction of sp³-hybridized carbons (Fsp3) is 0.893. The van der Waals surface area contributed by atoms with E-state index in [-0.39, 0.29) is 41.2 Å². The molecule has 0 aliphatic heterocycles. The van der Waals surface area contributed by atoms with Crippen molar-refractivity contribution in [2.24, 2.45) is 22.7 Å². The SMILES string of the molecule is CC(C)/C=C/C(=O)O[C@@H]1C[C@H]2CC[C@]1(CS(=O)(=O)N(C1CCCCC1)C1CCCCC1)C2(C)C. The molecule has 4 rings (SSSR count). The van der Waals surface area contributed by atoms with Crippen LogP contribution in [0.15, 0.2) is 12.2 Å². The van der Waals surface area contributed by atoms with Crippen LogP contribution in [0.2, 0.25) is 0 Å². The van der Waals surface area contributed by atoms with Gasteiger partial charge in [-0.15, -0.1) is 0 Å². The number of hydrogen-bond donors (Lipinski definition) is 0. The minimum absolute atomic E-state index is 0.127. The minimum atomic E-state index is -3.49. The predicted octanol–water partition coefficient (Wildman–Crippen LogP) is 6.23. The lowest BCUT2D eigenvalue weighted by atomic mass is 9.69. The Labute approximate surface area is 208 Å². The molecule has 4 aliphatic carbocycles. The van der Waals surface area contributed by atoms with Crippen molar-refractivity contribution in [3.8, 4) is 0 Å². The van der Waals surface area contributed by atoms with Crippen molar-refractivity contribution >= 4 is 16.0 Å². The van der Waals surface area contributed by atoms with Crippen LogP contribution in [-0.4, -0.2) is 42.6 Å². The van der Waals surface area contributed by atoms with E-state index in [2.05, 4.69) is 13.8 Å². The largest absolute Gasteiger partial charge is 0.459 e. The second-order valence-electron chi connectivity index (χ2n) is 12.5. The van der Waals surface area contributed by atoms with Gasteiger partial charge in [-0.05, 0) is 62.2 Å². The van der Waals surface area contributed by atoms with Gasteiger partial charge < -0.3 is 4.74 Å². The van der Waals surface area contributed by atoms with Gasteiger partial charge in [0.05, 0.1) is 5.75 Å². The monoisotopic (exact) mass is 493 g/mol. The normalized spacial score (nSPS) is 32.8. The first-order valence-electron chi connectivity index (χ1n) is 14.0. The molecule has 0 amide bonds. The molecule has 0 radical (unpaired) electrons. The minimum Gasteiger partial charge on any atom is -0.459 e. The summed E-state index contributed by atoms with van der Waals surface area (Å²) in [7, 11) is -3.49. The van der Waals surface area contributed by atoms with Crippen molar-refractivity contribution in [1.82, 2.24) is 4.31 Å². The van der Waals surface area contributed by atoms with Gasteiger partial charge in [-0.1, -0.05) is 72.3 Å².